The van der Waals surface area contributed by atoms with Crippen molar-refractivity contribution in [1.29, 1.82) is 0 Å². The highest BCUT2D eigenvalue weighted by molar-refractivity contribution is 8.00. The Balaban J connectivity index is 2.77. The maximum atomic E-state index is 12.2. The van der Waals surface area contributed by atoms with Crippen molar-refractivity contribution >= 4 is 23.6 Å². The largest absolute Gasteiger partial charge is 0.455 e. The summed E-state index contributed by atoms with van der Waals surface area (Å²) in [5.41, 5.74) is -5.77. The third-order valence-corrected chi connectivity index (χ3v) is 3.28. The van der Waals surface area contributed by atoms with Crippen molar-refractivity contribution in [3.8, 4) is 0 Å². The zero-order chi connectivity index (χ0) is 17.7. The number of hydrogen-bond acceptors (Lipinski definition) is 4. The lowest BCUT2D eigenvalue weighted by Crippen LogP contribution is -2.47. The number of esters is 1. The summed E-state index contributed by atoms with van der Waals surface area (Å²) in [6.07, 6.45) is 0. The highest BCUT2D eigenvalue weighted by atomic mass is 32.2. The number of carbonyl (C=O) groups excluding carboxylic acids is 2. The SMILES string of the molecule is [C-]#[N+]C(C)(COC(C)=O)NC(=O)c1ccc(SC(F)(F)F)cc1. The molecule has 0 spiro atoms. The van der Waals surface area contributed by atoms with Crippen molar-refractivity contribution < 1.29 is 27.5 Å². The number of thioether (sulfide) groups is 1. The molecule has 0 aliphatic heterocycles. The van der Waals surface area contributed by atoms with Crippen LogP contribution < -0.4 is 5.32 Å². The minimum Gasteiger partial charge on any atom is -0.455 e. The number of amides is 1. The molecule has 0 bridgehead atoms. The molecule has 23 heavy (non-hydrogen) atoms. The zero-order valence-corrected chi connectivity index (χ0v) is 13.0. The van der Waals surface area contributed by atoms with E-state index in [1.165, 1.54) is 26.0 Å². The first-order valence-electron chi connectivity index (χ1n) is 6.25. The average molecular weight is 346 g/mol. The van der Waals surface area contributed by atoms with Gasteiger partial charge < -0.3 is 4.74 Å². The Hall–Kier alpha value is -2.21. The number of benzene rings is 1. The van der Waals surface area contributed by atoms with Gasteiger partial charge in [0, 0.05) is 24.3 Å². The van der Waals surface area contributed by atoms with Crippen molar-refractivity contribution in [1.82, 2.24) is 5.32 Å². The van der Waals surface area contributed by atoms with Crippen LogP contribution in [-0.4, -0.2) is 29.7 Å². The van der Waals surface area contributed by atoms with Gasteiger partial charge in [-0.2, -0.15) is 13.2 Å². The molecule has 124 valence electrons. The first kappa shape index (κ1) is 18.8. The van der Waals surface area contributed by atoms with Crippen molar-refractivity contribution in [2.75, 3.05) is 6.61 Å². The Labute approximate surface area is 135 Å². The first-order chi connectivity index (χ1) is 10.5. The molecule has 9 heteroatoms. The van der Waals surface area contributed by atoms with E-state index in [1.807, 2.05) is 0 Å². The molecule has 1 amide bonds. The van der Waals surface area contributed by atoms with E-state index in [0.29, 0.717) is 0 Å². The molecule has 1 aromatic carbocycles. The lowest BCUT2D eigenvalue weighted by molar-refractivity contribution is -0.142. The van der Waals surface area contributed by atoms with Gasteiger partial charge in [-0.15, -0.1) is 0 Å². The summed E-state index contributed by atoms with van der Waals surface area (Å²) in [6.45, 7) is 9.29. The number of nitrogens with zero attached hydrogens (tertiary/aromatic N) is 1. The zero-order valence-electron chi connectivity index (χ0n) is 12.2. The topological polar surface area (TPSA) is 59.8 Å². The van der Waals surface area contributed by atoms with Crippen LogP contribution in [0.25, 0.3) is 4.85 Å². The van der Waals surface area contributed by atoms with Crippen LogP contribution in [0.15, 0.2) is 29.2 Å². The predicted octanol–water partition coefficient (Wildman–Crippen LogP) is 3.23. The number of nitrogens with one attached hydrogen (secondary N) is 1. The fourth-order valence-corrected chi connectivity index (χ4v) is 2.00. The second-order valence-electron chi connectivity index (χ2n) is 4.69. The van der Waals surface area contributed by atoms with Crippen molar-refractivity contribution in [2.45, 2.75) is 29.9 Å². The van der Waals surface area contributed by atoms with Gasteiger partial charge >= 0.3 is 17.1 Å². The quantitative estimate of drug-likeness (QED) is 0.505. The maximum absolute atomic E-state index is 12.2. The fourth-order valence-electron chi connectivity index (χ4n) is 1.46. The first-order valence-corrected chi connectivity index (χ1v) is 7.06. The number of alkyl halides is 3. The van der Waals surface area contributed by atoms with Gasteiger partial charge in [0.05, 0.1) is 0 Å². The molecule has 1 aromatic rings. The van der Waals surface area contributed by atoms with Crippen LogP contribution in [0.2, 0.25) is 0 Å². The molecular weight excluding hydrogens is 333 g/mol. The van der Waals surface area contributed by atoms with E-state index in [4.69, 9.17) is 11.3 Å². The molecule has 0 aliphatic carbocycles. The highest BCUT2D eigenvalue weighted by Gasteiger charge is 2.34. The lowest BCUT2D eigenvalue weighted by Gasteiger charge is -2.18. The third-order valence-electron chi connectivity index (χ3n) is 2.54. The third kappa shape index (κ3) is 6.61. The molecule has 5 nitrogen and oxygen atoms in total. The van der Waals surface area contributed by atoms with Crippen LogP contribution in [0, 0.1) is 6.57 Å². The summed E-state index contributed by atoms with van der Waals surface area (Å²) in [6, 6.07) is 4.77. The Bertz CT molecular complexity index is 626. The van der Waals surface area contributed by atoms with Gasteiger partial charge in [0.1, 0.15) is 0 Å². The normalized spacial score (nSPS) is 13.6. The van der Waals surface area contributed by atoms with Crippen LogP contribution in [0.1, 0.15) is 24.2 Å². The van der Waals surface area contributed by atoms with E-state index >= 15 is 0 Å². The van der Waals surface area contributed by atoms with Gasteiger partial charge in [0.25, 0.3) is 5.91 Å². The van der Waals surface area contributed by atoms with Crippen molar-refractivity contribution in [2.24, 2.45) is 0 Å². The molecule has 0 aromatic heterocycles. The highest BCUT2D eigenvalue weighted by Crippen LogP contribution is 2.36. The predicted molar refractivity (Wildman–Crippen MR) is 77.5 cm³/mol. The summed E-state index contributed by atoms with van der Waals surface area (Å²) in [5, 5.41) is 2.38. The van der Waals surface area contributed by atoms with Gasteiger partial charge in [0.15, 0.2) is 6.61 Å². The summed E-state index contributed by atoms with van der Waals surface area (Å²) in [7, 11) is 0. The Morgan fingerprint density at radius 2 is 1.87 bits per heavy atom. The number of rotatable bonds is 5. The molecular formula is C14H13F3N2O3S. The molecule has 0 aliphatic rings. The van der Waals surface area contributed by atoms with Gasteiger partial charge in [-0.25, -0.2) is 6.57 Å². The smallest absolute Gasteiger partial charge is 0.446 e. The summed E-state index contributed by atoms with van der Waals surface area (Å²) < 4.78 is 41.4. The maximum Gasteiger partial charge on any atom is 0.446 e. The van der Waals surface area contributed by atoms with Gasteiger partial charge in [-0.05, 0) is 36.0 Å². The van der Waals surface area contributed by atoms with Crippen LogP contribution >= 0.6 is 11.8 Å². The summed E-state index contributed by atoms with van der Waals surface area (Å²) in [5.74, 6) is -1.25. The van der Waals surface area contributed by atoms with E-state index in [2.05, 4.69) is 10.2 Å². The summed E-state index contributed by atoms with van der Waals surface area (Å²) >= 11 is -0.288. The van der Waals surface area contributed by atoms with E-state index in [-0.39, 0.29) is 28.8 Å². The lowest BCUT2D eigenvalue weighted by atomic mass is 10.1. The number of hydrogen-bond donors (Lipinski definition) is 1. The van der Waals surface area contributed by atoms with E-state index in [1.54, 1.807) is 0 Å². The van der Waals surface area contributed by atoms with Crippen LogP contribution in [0.5, 0.6) is 0 Å². The van der Waals surface area contributed by atoms with Crippen LogP contribution in [-0.2, 0) is 9.53 Å². The molecule has 0 heterocycles. The van der Waals surface area contributed by atoms with E-state index < -0.39 is 23.0 Å². The van der Waals surface area contributed by atoms with Crippen molar-refractivity contribution in [3.05, 3.63) is 41.2 Å². The van der Waals surface area contributed by atoms with Gasteiger partial charge in [-0.1, -0.05) is 0 Å². The number of ether oxygens (including phenoxy) is 1. The average Bonchev–Trinajstić information content (AvgIpc) is 2.44. The minimum absolute atomic E-state index is 0.0538. The van der Waals surface area contributed by atoms with Gasteiger partial charge in [0.2, 0.25) is 0 Å². The molecule has 1 atom stereocenters. The van der Waals surface area contributed by atoms with E-state index in [0.717, 1.165) is 12.1 Å². The van der Waals surface area contributed by atoms with Crippen LogP contribution in [0.4, 0.5) is 13.2 Å². The molecule has 0 saturated carbocycles. The Kier molecular flexibility index (Phi) is 6.04. The van der Waals surface area contributed by atoms with Crippen molar-refractivity contribution in [3.63, 3.8) is 0 Å². The van der Waals surface area contributed by atoms with E-state index in [9.17, 15) is 22.8 Å². The molecule has 0 saturated heterocycles. The molecule has 0 radical (unpaired) electrons. The summed E-state index contributed by atoms with van der Waals surface area (Å²) in [4.78, 5) is 26.0. The Morgan fingerprint density at radius 1 is 1.30 bits per heavy atom. The Morgan fingerprint density at radius 3 is 2.30 bits per heavy atom. The standard InChI is InChI=1S/C14H13F3N2O3S/c1-9(20)22-8-13(2,18-3)19-12(21)10-4-6-11(7-5-10)23-14(15,16)17/h4-7H,8H2,1-2H3,(H,19,21). The molecule has 1 rings (SSSR count). The molecule has 1 N–H and O–H groups in total. The second kappa shape index (κ2) is 7.37. The monoisotopic (exact) mass is 346 g/mol. The van der Waals surface area contributed by atoms with Crippen LogP contribution in [0.3, 0.4) is 0 Å². The second-order valence-corrected chi connectivity index (χ2v) is 5.83. The van der Waals surface area contributed by atoms with Gasteiger partial charge in [-0.3, -0.25) is 19.8 Å². The fraction of sp³-hybridized carbons (Fsp3) is 0.357. The number of halogens is 3. The molecule has 0 fully saturated rings. The number of carbonyl (C=O) groups is 2. The molecule has 1 unspecified atom stereocenters. The minimum atomic E-state index is -4.41.